The van der Waals surface area contributed by atoms with Crippen molar-refractivity contribution in [3.8, 4) is 0 Å². The summed E-state index contributed by atoms with van der Waals surface area (Å²) >= 11 is 0. The lowest BCUT2D eigenvalue weighted by Gasteiger charge is -2.33. The third-order valence-corrected chi connectivity index (χ3v) is 5.48. The molecule has 5 heteroatoms. The summed E-state index contributed by atoms with van der Waals surface area (Å²) in [5, 5.41) is 5.71. The van der Waals surface area contributed by atoms with Gasteiger partial charge < -0.3 is 10.6 Å². The predicted molar refractivity (Wildman–Crippen MR) is 116 cm³/mol. The zero-order valence-electron chi connectivity index (χ0n) is 17.4. The Bertz CT molecular complexity index is 815. The number of anilines is 1. The molecule has 1 fully saturated rings. The topological polar surface area (TPSA) is 61.4 Å². The van der Waals surface area contributed by atoms with Gasteiger partial charge in [-0.15, -0.1) is 0 Å². The Balaban J connectivity index is 1.44. The van der Waals surface area contributed by atoms with E-state index in [0.717, 1.165) is 23.4 Å². The Morgan fingerprint density at radius 1 is 0.966 bits per heavy atom. The van der Waals surface area contributed by atoms with Gasteiger partial charge in [-0.3, -0.25) is 14.5 Å². The molecule has 3 rings (SSSR count). The predicted octanol–water partition coefficient (Wildman–Crippen LogP) is 3.88. The Hall–Kier alpha value is -2.66. The summed E-state index contributed by atoms with van der Waals surface area (Å²) in [6.07, 6.45) is 4.26. The van der Waals surface area contributed by atoms with Gasteiger partial charge in [0.05, 0.1) is 6.42 Å². The molecule has 0 radical (unpaired) electrons. The van der Waals surface area contributed by atoms with E-state index in [-0.39, 0.29) is 11.8 Å². The third-order valence-electron chi connectivity index (χ3n) is 5.48. The largest absolute Gasteiger partial charge is 0.352 e. The number of nitrogens with one attached hydrogen (secondary N) is 2. The van der Waals surface area contributed by atoms with Crippen molar-refractivity contribution in [2.24, 2.45) is 0 Å². The zero-order chi connectivity index (χ0) is 20.6. The minimum absolute atomic E-state index is 0.0107. The molecule has 0 saturated carbocycles. The lowest BCUT2D eigenvalue weighted by Crippen LogP contribution is -2.36. The van der Waals surface area contributed by atoms with Gasteiger partial charge in [-0.25, -0.2) is 0 Å². The molecule has 2 aromatic rings. The fourth-order valence-electron chi connectivity index (χ4n) is 3.75. The molecule has 1 aliphatic heterocycles. The molecule has 29 heavy (non-hydrogen) atoms. The molecule has 2 N–H and O–H groups in total. The van der Waals surface area contributed by atoms with Crippen LogP contribution in [0.1, 0.15) is 49.8 Å². The highest BCUT2D eigenvalue weighted by Crippen LogP contribution is 2.19. The highest BCUT2D eigenvalue weighted by molar-refractivity contribution is 5.88. The number of benzene rings is 2. The first-order valence-electron chi connectivity index (χ1n) is 10.4. The average molecular weight is 394 g/mol. The van der Waals surface area contributed by atoms with E-state index in [1.54, 1.807) is 0 Å². The maximum atomic E-state index is 12.2. The van der Waals surface area contributed by atoms with E-state index >= 15 is 0 Å². The van der Waals surface area contributed by atoms with E-state index in [9.17, 15) is 9.59 Å². The SMILES string of the molecule is CC(=O)Nc1ccc(CC(=O)NCc2ccc(CN3CCCC[C@H]3C)cc2)cc1. The molecular formula is C24H31N3O2. The van der Waals surface area contributed by atoms with Crippen LogP contribution in [-0.4, -0.2) is 29.3 Å². The monoisotopic (exact) mass is 393 g/mol. The quantitative estimate of drug-likeness (QED) is 0.750. The van der Waals surface area contributed by atoms with E-state index in [1.807, 2.05) is 24.3 Å². The first-order chi connectivity index (χ1) is 14.0. The summed E-state index contributed by atoms with van der Waals surface area (Å²) in [4.78, 5) is 25.8. The zero-order valence-corrected chi connectivity index (χ0v) is 17.4. The van der Waals surface area contributed by atoms with E-state index in [2.05, 4.69) is 46.7 Å². The van der Waals surface area contributed by atoms with Gasteiger partial charge in [-0.1, -0.05) is 42.8 Å². The minimum Gasteiger partial charge on any atom is -0.352 e. The normalized spacial score (nSPS) is 17.0. The number of rotatable bonds is 7. The van der Waals surface area contributed by atoms with E-state index < -0.39 is 0 Å². The first-order valence-corrected chi connectivity index (χ1v) is 10.4. The Morgan fingerprint density at radius 2 is 1.62 bits per heavy atom. The third kappa shape index (κ3) is 6.71. The van der Waals surface area contributed by atoms with Crippen molar-refractivity contribution in [2.75, 3.05) is 11.9 Å². The highest BCUT2D eigenvalue weighted by Gasteiger charge is 2.17. The molecule has 5 nitrogen and oxygen atoms in total. The van der Waals surface area contributed by atoms with Crippen LogP contribution < -0.4 is 10.6 Å². The Kier molecular flexibility index (Phi) is 7.42. The lowest BCUT2D eigenvalue weighted by atomic mass is 10.0. The van der Waals surface area contributed by atoms with Crippen LogP contribution in [0.2, 0.25) is 0 Å². The smallest absolute Gasteiger partial charge is 0.224 e. The Morgan fingerprint density at radius 3 is 2.28 bits per heavy atom. The maximum Gasteiger partial charge on any atom is 0.224 e. The van der Waals surface area contributed by atoms with Crippen molar-refractivity contribution in [2.45, 2.75) is 58.7 Å². The summed E-state index contributed by atoms with van der Waals surface area (Å²) < 4.78 is 0. The van der Waals surface area contributed by atoms with Crippen LogP contribution in [0.4, 0.5) is 5.69 Å². The van der Waals surface area contributed by atoms with E-state index in [1.165, 1.54) is 38.3 Å². The summed E-state index contributed by atoms with van der Waals surface area (Å²) in [7, 11) is 0. The molecule has 2 aromatic carbocycles. The number of hydrogen-bond acceptors (Lipinski definition) is 3. The summed E-state index contributed by atoms with van der Waals surface area (Å²) in [6.45, 7) is 6.51. The molecule has 0 aliphatic carbocycles. The number of hydrogen-bond donors (Lipinski definition) is 2. The molecule has 0 aromatic heterocycles. The number of carbonyl (C=O) groups excluding carboxylic acids is 2. The molecule has 1 heterocycles. The molecule has 0 bridgehead atoms. The van der Waals surface area contributed by atoms with Gasteiger partial charge in [0.15, 0.2) is 0 Å². The van der Waals surface area contributed by atoms with Crippen LogP contribution in [0, 0.1) is 0 Å². The van der Waals surface area contributed by atoms with Gasteiger partial charge in [0.2, 0.25) is 11.8 Å². The number of carbonyl (C=O) groups is 2. The van der Waals surface area contributed by atoms with Crippen molar-refractivity contribution in [3.05, 3.63) is 65.2 Å². The highest BCUT2D eigenvalue weighted by atomic mass is 16.2. The Labute approximate surface area is 173 Å². The second kappa shape index (κ2) is 10.2. The van der Waals surface area contributed by atoms with Crippen molar-refractivity contribution >= 4 is 17.5 Å². The summed E-state index contributed by atoms with van der Waals surface area (Å²) in [5.41, 5.74) is 4.09. The second-order valence-corrected chi connectivity index (χ2v) is 7.96. The number of amides is 2. The van der Waals surface area contributed by atoms with Crippen LogP contribution in [0.3, 0.4) is 0 Å². The number of likely N-dealkylation sites (tertiary alicyclic amines) is 1. The molecule has 154 valence electrons. The molecule has 0 spiro atoms. The van der Waals surface area contributed by atoms with Crippen molar-refractivity contribution < 1.29 is 9.59 Å². The fourth-order valence-corrected chi connectivity index (χ4v) is 3.75. The summed E-state index contributed by atoms with van der Waals surface area (Å²) in [6, 6.07) is 16.6. The van der Waals surface area contributed by atoms with Crippen molar-refractivity contribution in [1.82, 2.24) is 10.2 Å². The first kappa shape index (κ1) is 21.1. The molecule has 2 amide bonds. The minimum atomic E-state index is -0.105. The van der Waals surface area contributed by atoms with Crippen LogP contribution >= 0.6 is 0 Å². The van der Waals surface area contributed by atoms with E-state index in [0.29, 0.717) is 19.0 Å². The van der Waals surface area contributed by atoms with Crippen LogP contribution in [0.5, 0.6) is 0 Å². The molecule has 1 atom stereocenters. The standard InChI is InChI=1S/C24H31N3O2/c1-18-5-3-4-14-27(18)17-22-8-6-21(7-9-22)16-25-24(29)15-20-10-12-23(13-11-20)26-19(2)28/h6-13,18H,3-5,14-17H2,1-2H3,(H,25,29)(H,26,28)/t18-/m1/s1. The average Bonchev–Trinajstić information content (AvgIpc) is 2.70. The van der Waals surface area contributed by atoms with Gasteiger partial charge in [-0.05, 0) is 55.1 Å². The van der Waals surface area contributed by atoms with Gasteiger partial charge in [0.25, 0.3) is 0 Å². The van der Waals surface area contributed by atoms with Gasteiger partial charge in [-0.2, -0.15) is 0 Å². The van der Waals surface area contributed by atoms with Gasteiger partial charge in [0, 0.05) is 31.7 Å². The number of nitrogens with zero attached hydrogens (tertiary/aromatic N) is 1. The molecular weight excluding hydrogens is 362 g/mol. The van der Waals surface area contributed by atoms with Crippen molar-refractivity contribution in [1.29, 1.82) is 0 Å². The molecule has 1 aliphatic rings. The van der Waals surface area contributed by atoms with Crippen LogP contribution in [0.25, 0.3) is 0 Å². The lowest BCUT2D eigenvalue weighted by molar-refractivity contribution is -0.120. The van der Waals surface area contributed by atoms with Crippen LogP contribution in [0.15, 0.2) is 48.5 Å². The second-order valence-electron chi connectivity index (χ2n) is 7.96. The number of piperidine rings is 1. The van der Waals surface area contributed by atoms with Crippen molar-refractivity contribution in [3.63, 3.8) is 0 Å². The maximum absolute atomic E-state index is 12.2. The van der Waals surface area contributed by atoms with Gasteiger partial charge in [0.1, 0.15) is 0 Å². The molecule has 1 saturated heterocycles. The van der Waals surface area contributed by atoms with E-state index in [4.69, 9.17) is 0 Å². The van der Waals surface area contributed by atoms with Crippen LogP contribution in [-0.2, 0) is 29.1 Å². The summed E-state index contributed by atoms with van der Waals surface area (Å²) in [5.74, 6) is -0.115. The molecule has 0 unspecified atom stereocenters. The van der Waals surface area contributed by atoms with Gasteiger partial charge >= 0.3 is 0 Å². The fraction of sp³-hybridized carbons (Fsp3) is 0.417.